The van der Waals surface area contributed by atoms with Crippen LogP contribution in [0.15, 0.2) is 91.0 Å². The lowest BCUT2D eigenvalue weighted by Crippen LogP contribution is -2.40. The minimum Gasteiger partial charge on any atom is -0.481 e. The number of non-ortho nitro benzene ring substituents is 2. The Bertz CT molecular complexity index is 1440. The van der Waals surface area contributed by atoms with E-state index in [-0.39, 0.29) is 67.7 Å². The van der Waals surface area contributed by atoms with Crippen LogP contribution in [0.4, 0.5) is 17.1 Å². The van der Waals surface area contributed by atoms with Gasteiger partial charge in [-0.1, -0.05) is 120 Å². The summed E-state index contributed by atoms with van der Waals surface area (Å²) in [5.41, 5.74) is 3.74. The number of nitrogens with two attached hydrogens (primary N) is 1. The molecule has 0 unspecified atom stereocenters. The lowest BCUT2D eigenvalue weighted by Gasteiger charge is -2.26. The molecule has 5 N–H and O–H groups in total. The normalized spacial score (nSPS) is 12.5. The van der Waals surface area contributed by atoms with E-state index in [1.807, 2.05) is 60.9 Å². The fraction of sp³-hybridized carbons (Fsp3) is 0.562. The Morgan fingerprint density at radius 1 is 0.576 bits per heavy atom. The van der Waals surface area contributed by atoms with Gasteiger partial charge in [-0.2, -0.15) is 0 Å². The van der Waals surface area contributed by atoms with Crippen LogP contribution in [0.25, 0.3) is 0 Å². The van der Waals surface area contributed by atoms with Crippen LogP contribution in [0.2, 0.25) is 0 Å². The molecular formula is C48H89N7O11. The molecule has 0 saturated carbocycles. The molecule has 0 atom stereocenters. The molecule has 3 aromatic carbocycles. The van der Waals surface area contributed by atoms with Gasteiger partial charge in [-0.05, 0) is 31.4 Å². The van der Waals surface area contributed by atoms with Gasteiger partial charge in [-0.15, -0.1) is 0 Å². The van der Waals surface area contributed by atoms with Gasteiger partial charge in [0.25, 0.3) is 11.4 Å². The highest BCUT2D eigenvalue weighted by Crippen LogP contribution is 2.08. The van der Waals surface area contributed by atoms with Crippen molar-refractivity contribution in [1.82, 2.24) is 15.1 Å². The molecule has 2 amide bonds. The van der Waals surface area contributed by atoms with Gasteiger partial charge in [0, 0.05) is 88.5 Å². The molecule has 6 rings (SSSR count). The maximum Gasteiger partial charge on any atom is 0.303 e. The number of hydrogen-bond acceptors (Lipinski definition) is 13. The van der Waals surface area contributed by atoms with Crippen LogP contribution < -0.4 is 16.6 Å². The molecule has 3 saturated heterocycles. The highest BCUT2D eigenvalue weighted by Gasteiger charge is 2.16. The Morgan fingerprint density at radius 3 is 1.06 bits per heavy atom. The smallest absolute Gasteiger partial charge is 0.303 e. The summed E-state index contributed by atoms with van der Waals surface area (Å²) < 4.78 is 15.3. The first-order valence-electron chi connectivity index (χ1n) is 20.1. The second-order valence-corrected chi connectivity index (χ2v) is 12.7. The summed E-state index contributed by atoms with van der Waals surface area (Å²) in [6.45, 7) is 15.6. The van der Waals surface area contributed by atoms with Crippen LogP contribution in [0.5, 0.6) is 0 Å². The summed E-state index contributed by atoms with van der Waals surface area (Å²) in [6.07, 6.45) is 4.27. The number of nitrogens with one attached hydrogen (secondary N) is 2. The van der Waals surface area contributed by atoms with Gasteiger partial charge in [0.2, 0.25) is 11.8 Å². The predicted octanol–water partition coefficient (Wildman–Crippen LogP) is 9.75. The van der Waals surface area contributed by atoms with Crippen molar-refractivity contribution in [2.45, 2.75) is 104 Å². The number of nitro benzene ring substituents is 2. The Morgan fingerprint density at radius 2 is 0.879 bits per heavy atom. The maximum absolute atomic E-state index is 11.3. The number of benzene rings is 3. The molecular weight excluding hydrogens is 851 g/mol. The van der Waals surface area contributed by atoms with Crippen LogP contribution in [0.3, 0.4) is 0 Å². The number of amides is 2. The van der Waals surface area contributed by atoms with E-state index in [4.69, 9.17) is 25.2 Å². The van der Waals surface area contributed by atoms with Crippen molar-refractivity contribution < 1.29 is 43.5 Å². The lowest BCUT2D eigenvalue weighted by atomic mass is 10.3. The fourth-order valence-electron chi connectivity index (χ4n) is 4.73. The summed E-state index contributed by atoms with van der Waals surface area (Å²) in [6, 6.07) is 25.5. The third-order valence-corrected chi connectivity index (χ3v) is 7.84. The average Bonchev–Trinajstić information content (AvgIpc) is 3.30. The Labute approximate surface area is 397 Å². The number of carbonyl (C=O) groups excluding carboxylic acids is 2. The van der Waals surface area contributed by atoms with E-state index in [0.29, 0.717) is 45.7 Å². The minimum absolute atomic E-state index is 0. The second kappa shape index (κ2) is 52.1. The number of aliphatic carboxylic acids is 1. The summed E-state index contributed by atoms with van der Waals surface area (Å²) in [5, 5.41) is 31.1. The first kappa shape index (κ1) is 74.8. The van der Waals surface area contributed by atoms with Crippen molar-refractivity contribution in [2.24, 2.45) is 5.84 Å². The van der Waals surface area contributed by atoms with Gasteiger partial charge in [-0.25, -0.2) is 0 Å². The van der Waals surface area contributed by atoms with E-state index in [1.165, 1.54) is 24.3 Å². The summed E-state index contributed by atoms with van der Waals surface area (Å²) in [4.78, 5) is 55.1. The largest absolute Gasteiger partial charge is 0.481 e. The third kappa shape index (κ3) is 42.4. The van der Waals surface area contributed by atoms with Crippen molar-refractivity contribution in [3.63, 3.8) is 0 Å². The third-order valence-electron chi connectivity index (χ3n) is 7.84. The van der Waals surface area contributed by atoms with Crippen molar-refractivity contribution in [3.05, 3.63) is 111 Å². The standard InChI is InChI=1S/2C8H15NO2.C6H8N2.2C6H5NO2.C4H9NO.C4H8O2.6CH4/c2*1-2-3-8(10)9-4-6-11-7-5-9;7-8-6-4-2-1-3-5-6;2*8-7(9)6-4-2-1-3-5-6;1-3-6-4-2-5-1;1-2-3-4(5)6;;;;;;/h2*2-7H2,1H3;1-5,8H,7H2;2*1-5H;5H,1-4H2;2-3H2,1H3,(H,5,6);6*1H4. The molecule has 66 heavy (non-hydrogen) atoms. The van der Waals surface area contributed by atoms with Gasteiger partial charge in [0.05, 0.1) is 49.5 Å². The van der Waals surface area contributed by atoms with Crippen LogP contribution >= 0.6 is 0 Å². The lowest BCUT2D eigenvalue weighted by molar-refractivity contribution is -0.385. The first-order valence-corrected chi connectivity index (χ1v) is 20.1. The van der Waals surface area contributed by atoms with E-state index >= 15 is 0 Å². The molecule has 18 heteroatoms. The number of nitrogen functional groups attached to an aromatic ring is 1. The molecule has 382 valence electrons. The molecule has 3 aliphatic heterocycles. The second-order valence-electron chi connectivity index (χ2n) is 12.7. The summed E-state index contributed by atoms with van der Waals surface area (Å²) in [5.74, 6) is 4.94. The van der Waals surface area contributed by atoms with Crippen LogP contribution in [0.1, 0.15) is 104 Å². The Hall–Kier alpha value is -5.53. The highest BCUT2D eigenvalue weighted by molar-refractivity contribution is 5.76. The molecule has 18 nitrogen and oxygen atoms in total. The number of rotatable bonds is 9. The average molecular weight is 940 g/mol. The van der Waals surface area contributed by atoms with Crippen LogP contribution in [0, 0.1) is 20.2 Å². The van der Waals surface area contributed by atoms with Crippen molar-refractivity contribution in [1.29, 1.82) is 0 Å². The van der Waals surface area contributed by atoms with Crippen molar-refractivity contribution in [3.8, 4) is 0 Å². The van der Waals surface area contributed by atoms with Gasteiger partial charge < -0.3 is 39.9 Å². The molecule has 3 aromatic rings. The zero-order valence-electron chi connectivity index (χ0n) is 35.3. The topological polar surface area (TPSA) is 242 Å². The number of carboxylic acids is 1. The number of morpholine rings is 3. The Kier molecular flexibility index (Phi) is 59.0. The number of hydrazine groups is 1. The molecule has 0 spiro atoms. The van der Waals surface area contributed by atoms with E-state index in [0.717, 1.165) is 77.4 Å². The van der Waals surface area contributed by atoms with Crippen LogP contribution in [-0.4, -0.2) is 121 Å². The van der Waals surface area contributed by atoms with E-state index in [1.54, 1.807) is 36.4 Å². The molecule has 0 aliphatic carbocycles. The van der Waals surface area contributed by atoms with E-state index in [9.17, 15) is 34.6 Å². The quantitative estimate of drug-likeness (QED) is 0.0887. The van der Waals surface area contributed by atoms with Gasteiger partial charge in [0.1, 0.15) is 0 Å². The number of nitro groups is 2. The van der Waals surface area contributed by atoms with Crippen LogP contribution in [-0.2, 0) is 28.6 Å². The highest BCUT2D eigenvalue weighted by atomic mass is 16.6. The fourth-order valence-corrected chi connectivity index (χ4v) is 4.73. The Balaban J connectivity index is -0.000000122. The molecule has 0 aromatic heterocycles. The van der Waals surface area contributed by atoms with Crippen molar-refractivity contribution in [2.75, 3.05) is 84.3 Å². The number of nitrogens with zero attached hydrogens (tertiary/aromatic N) is 4. The monoisotopic (exact) mass is 940 g/mol. The minimum atomic E-state index is -0.711. The van der Waals surface area contributed by atoms with E-state index in [2.05, 4.69) is 10.7 Å². The number of hydrogen-bond donors (Lipinski definition) is 4. The number of para-hydroxylation sites is 3. The van der Waals surface area contributed by atoms with Crippen molar-refractivity contribution >= 4 is 34.8 Å². The van der Waals surface area contributed by atoms with E-state index < -0.39 is 15.8 Å². The van der Waals surface area contributed by atoms with Gasteiger partial charge >= 0.3 is 5.97 Å². The maximum atomic E-state index is 11.3. The number of carboxylic acid groups (broad SMARTS) is 1. The molecule has 0 bridgehead atoms. The number of carbonyl (C=O) groups is 3. The molecule has 3 aliphatic rings. The van der Waals surface area contributed by atoms with Gasteiger partial charge in [-0.3, -0.25) is 40.5 Å². The SMILES string of the molecule is C.C.C.C.C.C.C1COCCN1.CCCC(=O)N1CCOCC1.CCCC(=O)N1CCOCC1.CCCC(=O)O.NNc1ccccc1.O=[N+]([O-])c1ccccc1.O=[N+]([O-])c1ccccc1. The van der Waals surface area contributed by atoms with Gasteiger partial charge in [0.15, 0.2) is 0 Å². The first-order chi connectivity index (χ1) is 29.0. The number of ether oxygens (including phenoxy) is 3. The zero-order chi connectivity index (χ0) is 44.6. The molecule has 0 radical (unpaired) electrons. The predicted molar refractivity (Wildman–Crippen MR) is 272 cm³/mol. The molecule has 3 fully saturated rings. The summed E-state index contributed by atoms with van der Waals surface area (Å²) in [7, 11) is 0. The number of anilines is 1. The summed E-state index contributed by atoms with van der Waals surface area (Å²) >= 11 is 0. The zero-order valence-corrected chi connectivity index (χ0v) is 35.3. The molecule has 3 heterocycles.